The highest BCUT2D eigenvalue weighted by Gasteiger charge is 2.43. The molecule has 0 unspecified atom stereocenters. The Bertz CT molecular complexity index is 801. The highest BCUT2D eigenvalue weighted by Crippen LogP contribution is 2.39. The molecule has 0 aromatic heterocycles. The summed E-state index contributed by atoms with van der Waals surface area (Å²) in [6.07, 6.45) is 1.41. The number of benzene rings is 1. The molecule has 7 nitrogen and oxygen atoms in total. The third-order valence-electron chi connectivity index (χ3n) is 5.53. The molecule has 156 valence electrons. The summed E-state index contributed by atoms with van der Waals surface area (Å²) >= 11 is 0. The average molecular weight is 411 g/mol. The van der Waals surface area contributed by atoms with Gasteiger partial charge in [-0.05, 0) is 30.9 Å². The molecular formula is C20H30N2O5S. The largest absolute Gasteiger partial charge is 0.492 e. The zero-order valence-corrected chi connectivity index (χ0v) is 17.7. The Morgan fingerprint density at radius 1 is 1.25 bits per heavy atom. The van der Waals surface area contributed by atoms with Crippen LogP contribution in [-0.4, -0.2) is 70.0 Å². The van der Waals surface area contributed by atoms with Crippen molar-refractivity contribution >= 4 is 15.9 Å². The van der Waals surface area contributed by atoms with Crippen LogP contribution < -0.4 is 4.74 Å². The molecule has 1 fully saturated rings. The number of carbonyl (C=O) groups excluding carboxylic acids is 1. The molecule has 0 bridgehead atoms. The molecule has 1 aromatic rings. The summed E-state index contributed by atoms with van der Waals surface area (Å²) in [5.74, 6) is 0.594. The van der Waals surface area contributed by atoms with Crippen LogP contribution in [0.2, 0.25) is 0 Å². The van der Waals surface area contributed by atoms with Gasteiger partial charge in [-0.1, -0.05) is 26.0 Å². The van der Waals surface area contributed by atoms with Gasteiger partial charge in [-0.15, -0.1) is 0 Å². The first kappa shape index (κ1) is 21.1. The smallest absolute Gasteiger partial charge is 0.248 e. The van der Waals surface area contributed by atoms with Gasteiger partial charge in [-0.3, -0.25) is 4.79 Å². The lowest BCUT2D eigenvalue weighted by molar-refractivity contribution is -0.138. The summed E-state index contributed by atoms with van der Waals surface area (Å²) in [5.41, 5.74) is -0.306. The Balaban J connectivity index is 1.89. The molecule has 1 saturated heterocycles. The number of likely N-dealkylation sites (tertiary alicyclic amines) is 1. The van der Waals surface area contributed by atoms with Crippen LogP contribution in [0.3, 0.4) is 0 Å². The molecule has 0 atom stereocenters. The number of piperidine rings is 1. The predicted molar refractivity (Wildman–Crippen MR) is 106 cm³/mol. The summed E-state index contributed by atoms with van der Waals surface area (Å²) in [7, 11) is -2.13. The summed E-state index contributed by atoms with van der Waals surface area (Å²) in [6, 6.07) is 6.85. The van der Waals surface area contributed by atoms with Gasteiger partial charge >= 0.3 is 0 Å². The number of sulfonamides is 1. The standard InChI is InChI=1S/C20H30N2O5S/c1-16(2)12-22-14-20(8-10-21(11-9-20)19(23)13-26-3)15-27-17-6-4-5-7-18(17)28(22,24)25/h4-7,16H,8-15H2,1-3H3. The predicted octanol–water partition coefficient (Wildman–Crippen LogP) is 1.98. The molecule has 0 aliphatic carbocycles. The van der Waals surface area contributed by atoms with E-state index in [-0.39, 0.29) is 28.7 Å². The van der Waals surface area contributed by atoms with Gasteiger partial charge in [0.25, 0.3) is 0 Å². The van der Waals surface area contributed by atoms with E-state index in [1.807, 2.05) is 13.8 Å². The molecule has 3 rings (SSSR count). The lowest BCUT2D eigenvalue weighted by Crippen LogP contribution is -2.53. The molecular weight excluding hydrogens is 380 g/mol. The molecule has 1 amide bonds. The van der Waals surface area contributed by atoms with E-state index in [2.05, 4.69) is 0 Å². The van der Waals surface area contributed by atoms with E-state index in [9.17, 15) is 13.2 Å². The highest BCUT2D eigenvalue weighted by molar-refractivity contribution is 7.89. The quantitative estimate of drug-likeness (QED) is 0.759. The molecule has 0 radical (unpaired) electrons. The number of carbonyl (C=O) groups is 1. The number of para-hydroxylation sites is 1. The van der Waals surface area contributed by atoms with Gasteiger partial charge < -0.3 is 14.4 Å². The molecule has 1 spiro atoms. The molecule has 2 heterocycles. The Labute approximate surface area is 167 Å². The lowest BCUT2D eigenvalue weighted by Gasteiger charge is -2.45. The highest BCUT2D eigenvalue weighted by atomic mass is 32.2. The Kier molecular flexibility index (Phi) is 6.31. The zero-order valence-electron chi connectivity index (χ0n) is 16.9. The van der Waals surface area contributed by atoms with Crippen LogP contribution in [0.4, 0.5) is 0 Å². The maximum Gasteiger partial charge on any atom is 0.248 e. The van der Waals surface area contributed by atoms with E-state index in [0.717, 1.165) is 0 Å². The van der Waals surface area contributed by atoms with Gasteiger partial charge in [0.2, 0.25) is 15.9 Å². The van der Waals surface area contributed by atoms with E-state index in [1.165, 1.54) is 7.11 Å². The van der Waals surface area contributed by atoms with Crippen molar-refractivity contribution in [3.63, 3.8) is 0 Å². The summed E-state index contributed by atoms with van der Waals surface area (Å²) in [5, 5.41) is 0. The molecule has 0 saturated carbocycles. The van der Waals surface area contributed by atoms with Gasteiger partial charge in [0.05, 0.1) is 6.61 Å². The Morgan fingerprint density at radius 2 is 1.93 bits per heavy atom. The summed E-state index contributed by atoms with van der Waals surface area (Å²) < 4.78 is 39.3. The van der Waals surface area contributed by atoms with Crippen LogP contribution in [0.25, 0.3) is 0 Å². The van der Waals surface area contributed by atoms with E-state index in [0.29, 0.717) is 51.4 Å². The molecule has 8 heteroatoms. The minimum absolute atomic E-state index is 0.0267. The van der Waals surface area contributed by atoms with Gasteiger partial charge in [-0.25, -0.2) is 8.42 Å². The van der Waals surface area contributed by atoms with Gasteiger partial charge in [0.15, 0.2) is 0 Å². The number of nitrogens with zero attached hydrogens (tertiary/aromatic N) is 2. The zero-order chi connectivity index (χ0) is 20.4. The van der Waals surface area contributed by atoms with Crippen LogP contribution >= 0.6 is 0 Å². The third-order valence-corrected chi connectivity index (χ3v) is 7.38. The monoisotopic (exact) mass is 410 g/mol. The second-order valence-corrected chi connectivity index (χ2v) is 10.1. The van der Waals surface area contributed by atoms with Crippen LogP contribution in [0, 0.1) is 11.3 Å². The topological polar surface area (TPSA) is 76.1 Å². The average Bonchev–Trinajstić information content (AvgIpc) is 2.66. The van der Waals surface area contributed by atoms with Crippen molar-refractivity contribution in [2.45, 2.75) is 31.6 Å². The van der Waals surface area contributed by atoms with Crippen molar-refractivity contribution in [1.29, 1.82) is 0 Å². The number of hydrogen-bond donors (Lipinski definition) is 0. The molecule has 2 aliphatic rings. The number of ether oxygens (including phenoxy) is 2. The fourth-order valence-electron chi connectivity index (χ4n) is 3.97. The van der Waals surface area contributed by atoms with Gasteiger partial charge in [0, 0.05) is 38.7 Å². The fourth-order valence-corrected chi connectivity index (χ4v) is 5.82. The first-order valence-corrected chi connectivity index (χ1v) is 11.2. The Hall–Kier alpha value is -1.64. The second kappa shape index (κ2) is 8.39. The SMILES string of the molecule is COCC(=O)N1CCC2(CC1)COc1ccccc1S(=O)(=O)N(CC(C)C)C2. The first-order chi connectivity index (χ1) is 13.3. The first-order valence-electron chi connectivity index (χ1n) is 9.76. The number of amides is 1. The number of rotatable bonds is 4. The molecule has 1 aromatic carbocycles. The normalized spacial score (nSPS) is 21.6. The summed E-state index contributed by atoms with van der Waals surface area (Å²) in [6.45, 7) is 6.61. The number of hydrogen-bond acceptors (Lipinski definition) is 5. The van der Waals surface area contributed by atoms with Crippen LogP contribution in [0.15, 0.2) is 29.2 Å². The minimum atomic E-state index is -3.64. The second-order valence-electron chi connectivity index (χ2n) is 8.24. The van der Waals surface area contributed by atoms with Crippen molar-refractivity contribution in [1.82, 2.24) is 9.21 Å². The van der Waals surface area contributed by atoms with E-state index in [4.69, 9.17) is 9.47 Å². The van der Waals surface area contributed by atoms with E-state index < -0.39 is 10.0 Å². The van der Waals surface area contributed by atoms with Crippen LogP contribution in [-0.2, 0) is 19.6 Å². The Morgan fingerprint density at radius 3 is 2.57 bits per heavy atom. The fraction of sp³-hybridized carbons (Fsp3) is 0.650. The minimum Gasteiger partial charge on any atom is -0.492 e. The molecule has 2 aliphatic heterocycles. The molecule has 0 N–H and O–H groups in total. The third kappa shape index (κ3) is 4.34. The van der Waals surface area contributed by atoms with Crippen LogP contribution in [0.1, 0.15) is 26.7 Å². The van der Waals surface area contributed by atoms with Crippen LogP contribution in [0.5, 0.6) is 5.75 Å². The van der Waals surface area contributed by atoms with Crippen molar-refractivity contribution in [3.8, 4) is 5.75 Å². The van der Waals surface area contributed by atoms with Crippen molar-refractivity contribution in [3.05, 3.63) is 24.3 Å². The van der Waals surface area contributed by atoms with Gasteiger partial charge in [0.1, 0.15) is 17.3 Å². The van der Waals surface area contributed by atoms with E-state index >= 15 is 0 Å². The van der Waals surface area contributed by atoms with Crippen molar-refractivity contribution in [2.24, 2.45) is 11.3 Å². The number of methoxy groups -OCH3 is 1. The maximum atomic E-state index is 13.4. The van der Waals surface area contributed by atoms with Crippen molar-refractivity contribution < 1.29 is 22.7 Å². The summed E-state index contributed by atoms with van der Waals surface area (Å²) in [4.78, 5) is 14.2. The number of fused-ring (bicyclic) bond motifs is 1. The van der Waals surface area contributed by atoms with Gasteiger partial charge in [-0.2, -0.15) is 4.31 Å². The van der Waals surface area contributed by atoms with E-state index in [1.54, 1.807) is 33.5 Å². The maximum absolute atomic E-state index is 13.4. The lowest BCUT2D eigenvalue weighted by atomic mass is 9.78. The molecule has 28 heavy (non-hydrogen) atoms. The van der Waals surface area contributed by atoms with Crippen molar-refractivity contribution in [2.75, 3.05) is 46.5 Å².